The number of nitriles is 1. The molecule has 6 rings (SSSR count). The van der Waals surface area contributed by atoms with Crippen molar-refractivity contribution in [3.8, 4) is 28.6 Å². The minimum atomic E-state index is -4.60. The molecule has 2 aromatic heterocycles. The van der Waals surface area contributed by atoms with Crippen molar-refractivity contribution in [3.05, 3.63) is 77.1 Å². The molecule has 0 unspecified atom stereocenters. The van der Waals surface area contributed by atoms with Gasteiger partial charge >= 0.3 is 6.18 Å². The van der Waals surface area contributed by atoms with Crippen LogP contribution < -0.4 is 10.2 Å². The van der Waals surface area contributed by atoms with Gasteiger partial charge in [0.05, 0.1) is 36.4 Å². The van der Waals surface area contributed by atoms with Gasteiger partial charge in [0.25, 0.3) is 5.91 Å². The number of rotatable bonds is 5. The van der Waals surface area contributed by atoms with E-state index in [1.807, 2.05) is 0 Å². The van der Waals surface area contributed by atoms with E-state index in [-0.39, 0.29) is 29.5 Å². The van der Waals surface area contributed by atoms with Crippen LogP contribution in [0.5, 0.6) is 0 Å². The van der Waals surface area contributed by atoms with Crippen molar-refractivity contribution in [2.45, 2.75) is 25.2 Å². The predicted octanol–water partition coefficient (Wildman–Crippen LogP) is 4.80. The van der Waals surface area contributed by atoms with Crippen molar-refractivity contribution in [1.82, 2.24) is 19.7 Å². The Bertz CT molecular complexity index is 1670. The van der Waals surface area contributed by atoms with E-state index in [1.165, 1.54) is 17.0 Å². The summed E-state index contributed by atoms with van der Waals surface area (Å²) in [7, 11) is 1.79. The molecule has 0 aliphatic carbocycles. The molecule has 1 N–H and O–H groups in total. The molecule has 2 aliphatic heterocycles. The van der Waals surface area contributed by atoms with Crippen LogP contribution in [0.1, 0.15) is 33.5 Å². The quantitative estimate of drug-likeness (QED) is 0.384. The highest BCUT2D eigenvalue weighted by molar-refractivity contribution is 6.10. The van der Waals surface area contributed by atoms with Gasteiger partial charge in [-0.15, -0.1) is 10.2 Å². The lowest BCUT2D eigenvalue weighted by Crippen LogP contribution is -2.25. The zero-order valence-corrected chi connectivity index (χ0v) is 21.2. The van der Waals surface area contributed by atoms with Crippen molar-refractivity contribution in [2.24, 2.45) is 7.05 Å². The number of halogens is 3. The SMILES string of the molecule is Cn1cnnc1-c1ccc(C#N)cc1-c1cc(N[C@@H]2CCOC2)nc(N2Cc3c(cccc3C(F)(F)F)C2=O)c1. The van der Waals surface area contributed by atoms with Gasteiger partial charge < -0.3 is 14.6 Å². The summed E-state index contributed by atoms with van der Waals surface area (Å²) >= 11 is 0. The Labute approximate surface area is 226 Å². The number of amides is 1. The largest absolute Gasteiger partial charge is 0.416 e. The van der Waals surface area contributed by atoms with Crippen molar-refractivity contribution < 1.29 is 22.7 Å². The monoisotopic (exact) mass is 545 g/mol. The fourth-order valence-corrected chi connectivity index (χ4v) is 5.10. The normalized spacial score (nSPS) is 16.7. The van der Waals surface area contributed by atoms with Crippen LogP contribution >= 0.6 is 0 Å². The van der Waals surface area contributed by atoms with E-state index in [1.54, 1.807) is 48.3 Å². The Morgan fingerprint density at radius 1 is 1.12 bits per heavy atom. The van der Waals surface area contributed by atoms with Crippen LogP contribution in [-0.2, 0) is 24.5 Å². The van der Waals surface area contributed by atoms with Gasteiger partial charge in [-0.1, -0.05) is 6.07 Å². The number of carbonyl (C=O) groups excluding carboxylic acids is 1. The zero-order chi connectivity index (χ0) is 28.0. The Hall–Kier alpha value is -4.76. The minimum Gasteiger partial charge on any atom is -0.379 e. The number of ether oxygens (including phenoxy) is 1. The number of anilines is 2. The Morgan fingerprint density at radius 3 is 2.67 bits per heavy atom. The van der Waals surface area contributed by atoms with Gasteiger partial charge in [0, 0.05) is 24.8 Å². The molecule has 202 valence electrons. The third-order valence-corrected chi connectivity index (χ3v) is 7.06. The first-order valence-electron chi connectivity index (χ1n) is 12.5. The van der Waals surface area contributed by atoms with E-state index >= 15 is 0 Å². The molecule has 0 saturated carbocycles. The second kappa shape index (κ2) is 9.77. The average molecular weight is 546 g/mol. The number of aromatic nitrogens is 4. The summed E-state index contributed by atoms with van der Waals surface area (Å²) in [5, 5.41) is 21.1. The third kappa shape index (κ3) is 4.54. The first-order chi connectivity index (χ1) is 19.2. The number of pyridine rings is 1. The van der Waals surface area contributed by atoms with Crippen LogP contribution in [0, 0.1) is 11.3 Å². The van der Waals surface area contributed by atoms with E-state index in [2.05, 4.69) is 26.6 Å². The maximum atomic E-state index is 13.8. The summed E-state index contributed by atoms with van der Waals surface area (Å²) in [6.45, 7) is 0.782. The van der Waals surface area contributed by atoms with Gasteiger partial charge in [-0.3, -0.25) is 9.69 Å². The molecule has 1 saturated heterocycles. The third-order valence-electron chi connectivity index (χ3n) is 7.06. The lowest BCUT2D eigenvalue weighted by Gasteiger charge is -2.20. The van der Waals surface area contributed by atoms with Crippen molar-refractivity contribution in [3.63, 3.8) is 0 Å². The molecule has 4 aromatic rings. The summed E-state index contributed by atoms with van der Waals surface area (Å²) in [4.78, 5) is 19.3. The molecule has 4 heterocycles. The molecule has 2 aliphatic rings. The number of nitrogens with one attached hydrogen (secondary N) is 1. The molecule has 40 heavy (non-hydrogen) atoms. The zero-order valence-electron chi connectivity index (χ0n) is 21.2. The second-order valence-corrected chi connectivity index (χ2v) is 9.66. The van der Waals surface area contributed by atoms with Crippen molar-refractivity contribution in [2.75, 3.05) is 23.4 Å². The molecular formula is C28H22F3N7O2. The number of benzene rings is 2. The van der Waals surface area contributed by atoms with Gasteiger partial charge in [0.2, 0.25) is 0 Å². The summed E-state index contributed by atoms with van der Waals surface area (Å²) in [5.74, 6) is 0.588. The lowest BCUT2D eigenvalue weighted by molar-refractivity contribution is -0.138. The van der Waals surface area contributed by atoms with E-state index in [4.69, 9.17) is 4.74 Å². The molecule has 0 bridgehead atoms. The highest BCUT2D eigenvalue weighted by Gasteiger charge is 2.40. The molecule has 12 heteroatoms. The lowest BCUT2D eigenvalue weighted by atomic mass is 9.97. The van der Waals surface area contributed by atoms with Gasteiger partial charge in [-0.25, -0.2) is 4.98 Å². The first-order valence-corrected chi connectivity index (χ1v) is 12.5. The minimum absolute atomic E-state index is 0.00742. The number of carbonyl (C=O) groups is 1. The van der Waals surface area contributed by atoms with Crippen LogP contribution in [0.25, 0.3) is 22.5 Å². The maximum absolute atomic E-state index is 13.8. The molecule has 1 fully saturated rings. The Balaban J connectivity index is 1.50. The fourth-order valence-electron chi connectivity index (χ4n) is 5.10. The summed E-state index contributed by atoms with van der Waals surface area (Å²) in [6, 6.07) is 14.3. The topological polar surface area (TPSA) is 109 Å². The number of fused-ring (bicyclic) bond motifs is 1. The standard InChI is InChI=1S/C28H22F3N7O2/c1-37-15-33-36-26(37)19-6-5-16(12-32)9-21(19)17-10-24(34-18-7-8-40-14-18)35-25(11-17)38-13-22-20(27(38)39)3-2-4-23(22)28(29,30)31/h2-6,9-11,15,18H,7-8,13-14H2,1H3,(H,34,35)/t18-/m1/s1. The summed E-state index contributed by atoms with van der Waals surface area (Å²) < 4.78 is 48.5. The molecule has 0 radical (unpaired) electrons. The van der Waals surface area contributed by atoms with E-state index in [9.17, 15) is 23.2 Å². The van der Waals surface area contributed by atoms with E-state index in [0.717, 1.165) is 12.5 Å². The summed E-state index contributed by atoms with van der Waals surface area (Å²) in [5.41, 5.74) is 1.37. The molecule has 2 aromatic carbocycles. The smallest absolute Gasteiger partial charge is 0.379 e. The maximum Gasteiger partial charge on any atom is 0.416 e. The molecule has 9 nitrogen and oxygen atoms in total. The molecule has 1 atom stereocenters. The van der Waals surface area contributed by atoms with Crippen LogP contribution in [0.2, 0.25) is 0 Å². The van der Waals surface area contributed by atoms with Crippen molar-refractivity contribution >= 4 is 17.5 Å². The van der Waals surface area contributed by atoms with Crippen LogP contribution in [0.3, 0.4) is 0 Å². The summed E-state index contributed by atoms with van der Waals surface area (Å²) in [6.07, 6.45) is -2.30. The fraction of sp³-hybridized carbons (Fsp3) is 0.250. The highest BCUT2D eigenvalue weighted by Crippen LogP contribution is 2.40. The number of alkyl halides is 3. The second-order valence-electron chi connectivity index (χ2n) is 9.66. The molecule has 0 spiro atoms. The molecular weight excluding hydrogens is 523 g/mol. The highest BCUT2D eigenvalue weighted by atomic mass is 19.4. The van der Waals surface area contributed by atoms with Gasteiger partial charge in [0.1, 0.15) is 18.0 Å². The van der Waals surface area contributed by atoms with Gasteiger partial charge in [-0.05, 0) is 65.6 Å². The van der Waals surface area contributed by atoms with Crippen LogP contribution in [-0.4, -0.2) is 44.9 Å². The van der Waals surface area contributed by atoms with Crippen LogP contribution in [0.4, 0.5) is 24.8 Å². The van der Waals surface area contributed by atoms with Gasteiger partial charge in [-0.2, -0.15) is 18.4 Å². The number of aryl methyl sites for hydroxylation is 1. The van der Waals surface area contributed by atoms with Crippen LogP contribution in [0.15, 0.2) is 54.9 Å². The number of hydrogen-bond donors (Lipinski definition) is 1. The number of nitrogens with zero attached hydrogens (tertiary/aromatic N) is 6. The van der Waals surface area contributed by atoms with E-state index < -0.39 is 17.6 Å². The average Bonchev–Trinajstić information content (AvgIpc) is 3.68. The number of hydrogen-bond acceptors (Lipinski definition) is 7. The molecule has 1 amide bonds. The van der Waals surface area contributed by atoms with E-state index in [0.29, 0.717) is 47.1 Å². The van der Waals surface area contributed by atoms with Gasteiger partial charge in [0.15, 0.2) is 5.82 Å². The Kier molecular flexibility index (Phi) is 6.23. The Morgan fingerprint density at radius 2 is 1.98 bits per heavy atom. The first kappa shape index (κ1) is 25.5. The predicted molar refractivity (Wildman–Crippen MR) is 139 cm³/mol. The van der Waals surface area contributed by atoms with Crippen molar-refractivity contribution in [1.29, 1.82) is 5.26 Å².